The van der Waals surface area contributed by atoms with Crippen molar-refractivity contribution in [1.29, 1.82) is 0 Å². The van der Waals surface area contributed by atoms with Gasteiger partial charge in [-0.3, -0.25) is 4.79 Å². The molecule has 4 nitrogen and oxygen atoms in total. The first kappa shape index (κ1) is 15.2. The lowest BCUT2D eigenvalue weighted by molar-refractivity contribution is -0.115. The molecule has 0 aliphatic carbocycles. The average molecular weight is 327 g/mol. The lowest BCUT2D eigenvalue weighted by atomic mass is 10.1. The number of nitrogens with zero attached hydrogens (tertiary/aromatic N) is 1. The molecular weight excluding hydrogens is 313 g/mol. The zero-order valence-corrected chi connectivity index (χ0v) is 12.9. The Kier molecular flexibility index (Phi) is 4.34. The van der Waals surface area contributed by atoms with Crippen LogP contribution in [0.1, 0.15) is 5.56 Å². The van der Waals surface area contributed by atoms with Crippen LogP contribution in [0.25, 0.3) is 11.3 Å². The zero-order valence-electron chi connectivity index (χ0n) is 12.1. The number of rotatable bonds is 4. The van der Waals surface area contributed by atoms with Crippen molar-refractivity contribution >= 4 is 28.1 Å². The minimum Gasteiger partial charge on any atom is -0.399 e. The standard InChI is InChI=1S/C17H14FN3OS/c18-13-5-1-11(2-6-13)9-16(22)21-17-20-15(10-23-17)12-3-7-14(19)8-4-12/h1-8,10H,9,19H2,(H,20,21,22). The van der Waals surface area contributed by atoms with Crippen LogP contribution in [0.4, 0.5) is 15.2 Å². The lowest BCUT2D eigenvalue weighted by Gasteiger charge is -2.02. The molecule has 0 radical (unpaired) electrons. The first-order valence-corrected chi connectivity index (χ1v) is 7.84. The van der Waals surface area contributed by atoms with Crippen molar-refractivity contribution in [2.45, 2.75) is 6.42 Å². The number of thiazole rings is 1. The number of anilines is 2. The van der Waals surface area contributed by atoms with E-state index in [1.165, 1.54) is 23.5 Å². The van der Waals surface area contributed by atoms with Crippen molar-refractivity contribution in [3.63, 3.8) is 0 Å². The van der Waals surface area contributed by atoms with E-state index in [2.05, 4.69) is 10.3 Å². The number of benzene rings is 2. The van der Waals surface area contributed by atoms with Gasteiger partial charge in [-0.2, -0.15) is 0 Å². The molecule has 3 rings (SSSR count). The normalized spacial score (nSPS) is 10.5. The van der Waals surface area contributed by atoms with Crippen LogP contribution in [-0.2, 0) is 11.2 Å². The van der Waals surface area contributed by atoms with Crippen molar-refractivity contribution in [1.82, 2.24) is 4.98 Å². The van der Waals surface area contributed by atoms with Gasteiger partial charge in [0, 0.05) is 16.6 Å². The molecule has 6 heteroatoms. The second-order valence-corrected chi connectivity index (χ2v) is 5.87. The van der Waals surface area contributed by atoms with Crippen LogP contribution in [0.3, 0.4) is 0 Å². The van der Waals surface area contributed by atoms with E-state index in [9.17, 15) is 9.18 Å². The smallest absolute Gasteiger partial charge is 0.230 e. The minimum absolute atomic E-state index is 0.178. The molecule has 0 fully saturated rings. The van der Waals surface area contributed by atoms with Crippen LogP contribution in [-0.4, -0.2) is 10.9 Å². The fourth-order valence-electron chi connectivity index (χ4n) is 2.07. The quantitative estimate of drug-likeness (QED) is 0.718. The van der Waals surface area contributed by atoms with Gasteiger partial charge in [0.05, 0.1) is 12.1 Å². The number of nitrogens with one attached hydrogen (secondary N) is 1. The number of aromatic nitrogens is 1. The predicted molar refractivity (Wildman–Crippen MR) is 90.7 cm³/mol. The Labute approximate surface area is 136 Å². The summed E-state index contributed by atoms with van der Waals surface area (Å²) in [4.78, 5) is 16.4. The number of carbonyl (C=O) groups excluding carboxylic acids is 1. The average Bonchev–Trinajstić information content (AvgIpc) is 2.98. The molecule has 0 aliphatic rings. The molecular formula is C17H14FN3OS. The van der Waals surface area contributed by atoms with Crippen molar-refractivity contribution in [2.24, 2.45) is 0 Å². The fourth-order valence-corrected chi connectivity index (χ4v) is 2.80. The van der Waals surface area contributed by atoms with Crippen LogP contribution in [0, 0.1) is 5.82 Å². The first-order chi connectivity index (χ1) is 11.1. The molecule has 1 aromatic heterocycles. The molecule has 23 heavy (non-hydrogen) atoms. The van der Waals surface area contributed by atoms with E-state index in [0.717, 1.165) is 16.8 Å². The molecule has 0 bridgehead atoms. The number of amides is 1. The third kappa shape index (κ3) is 3.92. The maximum absolute atomic E-state index is 12.8. The van der Waals surface area contributed by atoms with E-state index in [0.29, 0.717) is 10.8 Å². The SMILES string of the molecule is Nc1ccc(-c2csc(NC(=O)Cc3ccc(F)cc3)n2)cc1. The molecule has 0 atom stereocenters. The molecule has 1 amide bonds. The van der Waals surface area contributed by atoms with Crippen LogP contribution in [0.5, 0.6) is 0 Å². The second kappa shape index (κ2) is 6.58. The van der Waals surface area contributed by atoms with Gasteiger partial charge in [-0.05, 0) is 29.8 Å². The molecule has 116 valence electrons. The molecule has 0 unspecified atom stereocenters. The highest BCUT2D eigenvalue weighted by Gasteiger charge is 2.09. The van der Waals surface area contributed by atoms with E-state index >= 15 is 0 Å². The van der Waals surface area contributed by atoms with Crippen molar-refractivity contribution in [3.8, 4) is 11.3 Å². The summed E-state index contributed by atoms with van der Waals surface area (Å²) >= 11 is 1.36. The Morgan fingerprint density at radius 3 is 2.52 bits per heavy atom. The maximum atomic E-state index is 12.8. The number of hydrogen-bond acceptors (Lipinski definition) is 4. The summed E-state index contributed by atoms with van der Waals surface area (Å²) in [6.45, 7) is 0. The summed E-state index contributed by atoms with van der Waals surface area (Å²) in [5, 5.41) is 5.16. The Hall–Kier alpha value is -2.73. The molecule has 0 aliphatic heterocycles. The van der Waals surface area contributed by atoms with Crippen molar-refractivity contribution in [2.75, 3.05) is 11.1 Å². The summed E-state index contributed by atoms with van der Waals surface area (Å²) in [5.41, 5.74) is 8.82. The number of carbonyl (C=O) groups is 1. The van der Waals surface area contributed by atoms with Crippen LogP contribution >= 0.6 is 11.3 Å². The van der Waals surface area contributed by atoms with E-state index in [-0.39, 0.29) is 18.1 Å². The van der Waals surface area contributed by atoms with E-state index in [1.807, 2.05) is 29.6 Å². The van der Waals surface area contributed by atoms with Gasteiger partial charge >= 0.3 is 0 Å². The lowest BCUT2D eigenvalue weighted by Crippen LogP contribution is -2.14. The number of nitrogens with two attached hydrogens (primary N) is 1. The molecule has 2 aromatic carbocycles. The van der Waals surface area contributed by atoms with E-state index in [4.69, 9.17) is 5.73 Å². The number of halogens is 1. The molecule has 3 N–H and O–H groups in total. The topological polar surface area (TPSA) is 68.0 Å². The van der Waals surface area contributed by atoms with E-state index < -0.39 is 0 Å². The zero-order chi connectivity index (χ0) is 16.2. The Balaban J connectivity index is 1.65. The third-order valence-electron chi connectivity index (χ3n) is 3.23. The van der Waals surface area contributed by atoms with Crippen LogP contribution in [0.2, 0.25) is 0 Å². The molecule has 0 spiro atoms. The fraction of sp³-hybridized carbons (Fsp3) is 0.0588. The summed E-state index contributed by atoms with van der Waals surface area (Å²) in [6.07, 6.45) is 0.178. The van der Waals surface area contributed by atoms with Gasteiger partial charge in [0.15, 0.2) is 5.13 Å². The Morgan fingerprint density at radius 2 is 1.83 bits per heavy atom. The Morgan fingerprint density at radius 1 is 1.13 bits per heavy atom. The van der Waals surface area contributed by atoms with Gasteiger partial charge in [-0.25, -0.2) is 9.37 Å². The summed E-state index contributed by atoms with van der Waals surface area (Å²) in [6, 6.07) is 13.2. The first-order valence-electron chi connectivity index (χ1n) is 6.96. The van der Waals surface area contributed by atoms with Gasteiger partial charge in [0.25, 0.3) is 0 Å². The van der Waals surface area contributed by atoms with Crippen molar-refractivity contribution in [3.05, 3.63) is 65.3 Å². The number of nitrogen functional groups attached to an aromatic ring is 1. The molecule has 0 saturated heterocycles. The molecule has 1 heterocycles. The largest absolute Gasteiger partial charge is 0.399 e. The van der Waals surface area contributed by atoms with Crippen LogP contribution < -0.4 is 11.1 Å². The highest BCUT2D eigenvalue weighted by molar-refractivity contribution is 7.14. The highest BCUT2D eigenvalue weighted by Crippen LogP contribution is 2.25. The molecule has 3 aromatic rings. The maximum Gasteiger partial charge on any atom is 0.230 e. The summed E-state index contributed by atoms with van der Waals surface area (Å²) in [7, 11) is 0. The van der Waals surface area contributed by atoms with Gasteiger partial charge in [-0.1, -0.05) is 24.3 Å². The van der Waals surface area contributed by atoms with Gasteiger partial charge < -0.3 is 11.1 Å². The second-order valence-electron chi connectivity index (χ2n) is 5.01. The highest BCUT2D eigenvalue weighted by atomic mass is 32.1. The van der Waals surface area contributed by atoms with Gasteiger partial charge in [-0.15, -0.1) is 11.3 Å². The minimum atomic E-state index is -0.317. The summed E-state index contributed by atoms with van der Waals surface area (Å²) < 4.78 is 12.8. The number of hydrogen-bond donors (Lipinski definition) is 2. The predicted octanol–water partition coefficient (Wildman–Crippen LogP) is 3.71. The van der Waals surface area contributed by atoms with Gasteiger partial charge in [0.1, 0.15) is 5.82 Å². The summed E-state index contributed by atoms with van der Waals surface area (Å²) in [5.74, 6) is -0.503. The van der Waals surface area contributed by atoms with Crippen molar-refractivity contribution < 1.29 is 9.18 Å². The monoisotopic (exact) mass is 327 g/mol. The third-order valence-corrected chi connectivity index (χ3v) is 3.99. The van der Waals surface area contributed by atoms with Crippen LogP contribution in [0.15, 0.2) is 53.9 Å². The van der Waals surface area contributed by atoms with Gasteiger partial charge in [0.2, 0.25) is 5.91 Å². The van der Waals surface area contributed by atoms with E-state index in [1.54, 1.807) is 12.1 Å². The Bertz CT molecular complexity index is 813. The molecule has 0 saturated carbocycles.